The topological polar surface area (TPSA) is 96.3 Å². The number of amides is 1. The van der Waals surface area contributed by atoms with E-state index in [1.165, 1.54) is 0 Å². The Bertz CT molecular complexity index is 839. The molecule has 0 bridgehead atoms. The molecule has 7 nitrogen and oxygen atoms in total. The second kappa shape index (κ2) is 7.21. The van der Waals surface area contributed by atoms with Gasteiger partial charge in [0, 0.05) is 23.9 Å². The number of morpholine rings is 1. The van der Waals surface area contributed by atoms with Gasteiger partial charge in [0.1, 0.15) is 17.1 Å². The Morgan fingerprint density at radius 1 is 1.15 bits per heavy atom. The molecule has 2 aromatic carbocycles. The molecule has 3 rings (SSSR count). The molecule has 2 atom stereocenters. The van der Waals surface area contributed by atoms with Crippen LogP contribution in [-0.2, 0) is 14.3 Å². The van der Waals surface area contributed by atoms with Gasteiger partial charge in [0.05, 0.1) is 12.2 Å². The number of aromatic hydroxyl groups is 2. The van der Waals surface area contributed by atoms with Crippen molar-refractivity contribution in [1.82, 2.24) is 4.90 Å². The number of carbonyl (C=O) groups excluding carboxylic acids is 2. The first-order valence-electron chi connectivity index (χ1n) is 8.41. The SMILES string of the molecule is C[C@@H]1CN(C(=O)COC(=O)c2cc(O)c3ccccc3c2O)C[C@@H](C)O1. The Morgan fingerprint density at radius 2 is 1.77 bits per heavy atom. The molecule has 0 spiro atoms. The van der Waals surface area contributed by atoms with Crippen LogP contribution < -0.4 is 0 Å². The molecule has 1 aliphatic heterocycles. The number of esters is 1. The van der Waals surface area contributed by atoms with Gasteiger partial charge in [-0.15, -0.1) is 0 Å². The third-order valence-electron chi connectivity index (χ3n) is 4.31. The highest BCUT2D eigenvalue weighted by Gasteiger charge is 2.27. The zero-order chi connectivity index (χ0) is 18.8. The Hall–Kier alpha value is -2.80. The molecule has 0 saturated carbocycles. The lowest BCUT2D eigenvalue weighted by Crippen LogP contribution is -2.49. The van der Waals surface area contributed by atoms with Gasteiger partial charge in [-0.1, -0.05) is 24.3 Å². The highest BCUT2D eigenvalue weighted by molar-refractivity contribution is 6.04. The summed E-state index contributed by atoms with van der Waals surface area (Å²) in [4.78, 5) is 26.1. The van der Waals surface area contributed by atoms with E-state index >= 15 is 0 Å². The van der Waals surface area contributed by atoms with Gasteiger partial charge in [0.15, 0.2) is 6.61 Å². The average Bonchev–Trinajstić information content (AvgIpc) is 2.61. The summed E-state index contributed by atoms with van der Waals surface area (Å²) in [5.41, 5.74) is -0.183. The molecule has 26 heavy (non-hydrogen) atoms. The van der Waals surface area contributed by atoms with Crippen molar-refractivity contribution >= 4 is 22.6 Å². The van der Waals surface area contributed by atoms with Crippen LogP contribution in [0, 0.1) is 0 Å². The molecule has 1 aliphatic rings. The van der Waals surface area contributed by atoms with Crippen molar-refractivity contribution in [1.29, 1.82) is 0 Å². The number of hydrogen-bond donors (Lipinski definition) is 2. The highest BCUT2D eigenvalue weighted by atomic mass is 16.5. The van der Waals surface area contributed by atoms with Gasteiger partial charge in [-0.3, -0.25) is 4.79 Å². The molecule has 138 valence electrons. The quantitative estimate of drug-likeness (QED) is 0.643. The first-order valence-corrected chi connectivity index (χ1v) is 8.41. The summed E-state index contributed by atoms with van der Waals surface area (Å²) in [6, 6.07) is 7.75. The number of nitrogens with zero attached hydrogens (tertiary/aromatic N) is 1. The largest absolute Gasteiger partial charge is 0.507 e. The zero-order valence-corrected chi connectivity index (χ0v) is 14.6. The smallest absolute Gasteiger partial charge is 0.342 e. The molecule has 2 N–H and O–H groups in total. The predicted octanol–water partition coefficient (Wildman–Crippen LogP) is 2.04. The minimum atomic E-state index is -0.869. The first kappa shape index (κ1) is 18.0. The Kier molecular flexibility index (Phi) is 4.99. The fourth-order valence-corrected chi connectivity index (χ4v) is 3.17. The molecular formula is C19H21NO6. The molecule has 2 aromatic rings. The van der Waals surface area contributed by atoms with E-state index in [0.717, 1.165) is 6.07 Å². The van der Waals surface area contributed by atoms with Gasteiger partial charge < -0.3 is 24.6 Å². The monoisotopic (exact) mass is 359 g/mol. The van der Waals surface area contributed by atoms with Crippen molar-refractivity contribution in [3.63, 3.8) is 0 Å². The minimum Gasteiger partial charge on any atom is -0.507 e. The van der Waals surface area contributed by atoms with Crippen LogP contribution in [-0.4, -0.2) is 58.9 Å². The van der Waals surface area contributed by atoms with Crippen LogP contribution >= 0.6 is 0 Å². The third kappa shape index (κ3) is 3.57. The summed E-state index contributed by atoms with van der Waals surface area (Å²) >= 11 is 0. The summed E-state index contributed by atoms with van der Waals surface area (Å²) in [5.74, 6) is -1.63. The number of phenolic OH excluding ortho intramolecular Hbond substituents is 2. The van der Waals surface area contributed by atoms with Crippen LogP contribution in [0.2, 0.25) is 0 Å². The van der Waals surface area contributed by atoms with Crippen molar-refractivity contribution in [2.24, 2.45) is 0 Å². The van der Waals surface area contributed by atoms with Crippen molar-refractivity contribution < 1.29 is 29.3 Å². The first-order chi connectivity index (χ1) is 12.4. The maximum Gasteiger partial charge on any atom is 0.342 e. The molecule has 1 heterocycles. The van der Waals surface area contributed by atoms with E-state index < -0.39 is 12.6 Å². The number of rotatable bonds is 3. The van der Waals surface area contributed by atoms with Crippen LogP contribution in [0.1, 0.15) is 24.2 Å². The molecule has 0 aliphatic carbocycles. The summed E-state index contributed by atoms with van der Waals surface area (Å²) in [5, 5.41) is 21.1. The highest BCUT2D eigenvalue weighted by Crippen LogP contribution is 2.35. The van der Waals surface area contributed by atoms with Crippen molar-refractivity contribution in [2.45, 2.75) is 26.1 Å². The van der Waals surface area contributed by atoms with Gasteiger partial charge >= 0.3 is 5.97 Å². The summed E-state index contributed by atoms with van der Waals surface area (Å²) in [6.07, 6.45) is -0.167. The lowest BCUT2D eigenvalue weighted by molar-refractivity contribution is -0.146. The van der Waals surface area contributed by atoms with Crippen LogP contribution in [0.5, 0.6) is 11.5 Å². The summed E-state index contributed by atoms with van der Waals surface area (Å²) in [7, 11) is 0. The molecular weight excluding hydrogens is 338 g/mol. The van der Waals surface area contributed by atoms with Crippen LogP contribution in [0.3, 0.4) is 0 Å². The lowest BCUT2D eigenvalue weighted by atomic mass is 10.0. The maximum atomic E-state index is 12.3. The van der Waals surface area contributed by atoms with Crippen LogP contribution in [0.15, 0.2) is 30.3 Å². The van der Waals surface area contributed by atoms with E-state index in [9.17, 15) is 19.8 Å². The summed E-state index contributed by atoms with van der Waals surface area (Å²) in [6.45, 7) is 4.17. The Morgan fingerprint density at radius 3 is 2.42 bits per heavy atom. The molecule has 7 heteroatoms. The number of benzene rings is 2. The molecule has 0 unspecified atom stereocenters. The zero-order valence-electron chi connectivity index (χ0n) is 14.6. The van der Waals surface area contributed by atoms with Gasteiger partial charge in [-0.25, -0.2) is 4.79 Å². The van der Waals surface area contributed by atoms with Crippen molar-refractivity contribution in [3.05, 3.63) is 35.9 Å². The van der Waals surface area contributed by atoms with E-state index in [1.807, 2.05) is 13.8 Å². The molecule has 0 radical (unpaired) electrons. The van der Waals surface area contributed by atoms with E-state index in [2.05, 4.69) is 0 Å². The van der Waals surface area contributed by atoms with Crippen molar-refractivity contribution in [2.75, 3.05) is 19.7 Å². The predicted molar refractivity (Wildman–Crippen MR) is 94.1 cm³/mol. The third-order valence-corrected chi connectivity index (χ3v) is 4.31. The van der Waals surface area contributed by atoms with Gasteiger partial charge in [-0.05, 0) is 19.9 Å². The van der Waals surface area contributed by atoms with Gasteiger partial charge in [0.2, 0.25) is 0 Å². The lowest BCUT2D eigenvalue weighted by Gasteiger charge is -2.35. The normalized spacial score (nSPS) is 20.2. The van der Waals surface area contributed by atoms with Crippen LogP contribution in [0.4, 0.5) is 0 Å². The maximum absolute atomic E-state index is 12.3. The van der Waals surface area contributed by atoms with Gasteiger partial charge in [0.25, 0.3) is 5.91 Å². The van der Waals surface area contributed by atoms with Crippen molar-refractivity contribution in [3.8, 4) is 11.5 Å². The second-order valence-electron chi connectivity index (χ2n) is 6.47. The second-order valence-corrected chi connectivity index (χ2v) is 6.47. The Labute approximate surface area is 150 Å². The molecule has 1 saturated heterocycles. The standard InChI is InChI=1S/C19H21NO6/c1-11-8-20(9-12(2)26-11)17(22)10-25-19(24)15-7-16(21)13-5-3-4-6-14(13)18(15)23/h3-7,11-12,21,23H,8-10H2,1-2H3/t11-,12-/m1/s1. The minimum absolute atomic E-state index is 0.0834. The molecule has 0 aromatic heterocycles. The van der Waals surface area contributed by atoms with E-state index in [-0.39, 0.29) is 35.2 Å². The number of ether oxygens (including phenoxy) is 2. The molecule has 1 amide bonds. The number of hydrogen-bond acceptors (Lipinski definition) is 6. The molecule has 1 fully saturated rings. The average molecular weight is 359 g/mol. The fraction of sp³-hybridized carbons (Fsp3) is 0.368. The van der Waals surface area contributed by atoms with E-state index in [1.54, 1.807) is 29.2 Å². The van der Waals surface area contributed by atoms with E-state index in [4.69, 9.17) is 9.47 Å². The fourth-order valence-electron chi connectivity index (χ4n) is 3.17. The van der Waals surface area contributed by atoms with Crippen LogP contribution in [0.25, 0.3) is 10.8 Å². The number of carbonyl (C=O) groups is 2. The Balaban J connectivity index is 1.71. The van der Waals surface area contributed by atoms with Gasteiger partial charge in [-0.2, -0.15) is 0 Å². The number of phenols is 2. The number of fused-ring (bicyclic) bond motifs is 1. The van der Waals surface area contributed by atoms with E-state index in [0.29, 0.717) is 23.9 Å². The summed E-state index contributed by atoms with van der Waals surface area (Å²) < 4.78 is 10.6.